The van der Waals surface area contributed by atoms with Crippen LogP contribution in [0.3, 0.4) is 0 Å². The van der Waals surface area contributed by atoms with Crippen LogP contribution in [0.5, 0.6) is 5.75 Å². The van der Waals surface area contributed by atoms with Crippen LogP contribution in [0.2, 0.25) is 5.02 Å². The van der Waals surface area contributed by atoms with E-state index < -0.39 is 10.7 Å². The number of halogens is 2. The van der Waals surface area contributed by atoms with Crippen molar-refractivity contribution in [3.63, 3.8) is 0 Å². The third-order valence-corrected chi connectivity index (χ3v) is 4.21. The Morgan fingerprint density at radius 3 is 2.75 bits per heavy atom. The number of carbonyl (C=O) groups is 1. The summed E-state index contributed by atoms with van der Waals surface area (Å²) in [6.45, 7) is 0. The van der Waals surface area contributed by atoms with Crippen molar-refractivity contribution in [2.45, 2.75) is 4.90 Å². The highest BCUT2D eigenvalue weighted by atomic mass is 35.5. The number of thioether (sulfide) groups is 1. The van der Waals surface area contributed by atoms with E-state index in [0.29, 0.717) is 10.6 Å². The maximum atomic E-state index is 13.1. The molecule has 0 aliphatic heterocycles. The van der Waals surface area contributed by atoms with Gasteiger partial charge < -0.3 is 10.1 Å². The summed E-state index contributed by atoms with van der Waals surface area (Å²) in [5, 5.41) is 13.3. The first-order valence-corrected chi connectivity index (χ1v) is 7.97. The minimum absolute atomic E-state index is 0.0216. The van der Waals surface area contributed by atoms with E-state index in [1.807, 2.05) is 0 Å². The lowest BCUT2D eigenvalue weighted by molar-refractivity contribution is -0.384. The lowest BCUT2D eigenvalue weighted by Crippen LogP contribution is -2.14. The van der Waals surface area contributed by atoms with Crippen LogP contribution in [-0.2, 0) is 4.79 Å². The zero-order chi connectivity index (χ0) is 17.7. The molecule has 0 saturated carbocycles. The first kappa shape index (κ1) is 18.0. The molecule has 0 radical (unpaired) electrons. The molecule has 0 bridgehead atoms. The third kappa shape index (κ3) is 4.59. The van der Waals surface area contributed by atoms with Crippen LogP contribution < -0.4 is 10.1 Å². The third-order valence-electron chi connectivity index (χ3n) is 2.93. The van der Waals surface area contributed by atoms with Crippen molar-refractivity contribution in [3.8, 4) is 5.75 Å². The second-order valence-electron chi connectivity index (χ2n) is 4.55. The Kier molecular flexibility index (Phi) is 5.99. The first-order chi connectivity index (χ1) is 11.4. The van der Waals surface area contributed by atoms with Crippen molar-refractivity contribution in [1.29, 1.82) is 0 Å². The fraction of sp³-hybridized carbons (Fsp3) is 0.133. The van der Waals surface area contributed by atoms with Gasteiger partial charge in [0.15, 0.2) is 0 Å². The molecule has 2 aromatic carbocycles. The molecule has 0 aliphatic carbocycles. The van der Waals surface area contributed by atoms with E-state index in [1.165, 1.54) is 43.5 Å². The van der Waals surface area contributed by atoms with Crippen LogP contribution in [0.1, 0.15) is 0 Å². The summed E-state index contributed by atoms with van der Waals surface area (Å²) >= 11 is 6.83. The molecule has 0 saturated heterocycles. The predicted molar refractivity (Wildman–Crippen MR) is 90.4 cm³/mol. The molecule has 1 amide bonds. The van der Waals surface area contributed by atoms with Crippen molar-refractivity contribution in [2.75, 3.05) is 18.2 Å². The summed E-state index contributed by atoms with van der Waals surface area (Å²) in [4.78, 5) is 22.9. The van der Waals surface area contributed by atoms with Crippen molar-refractivity contribution in [1.82, 2.24) is 0 Å². The Morgan fingerprint density at radius 1 is 1.38 bits per heavy atom. The molecule has 2 rings (SSSR count). The molecule has 0 heterocycles. The van der Waals surface area contributed by atoms with Crippen LogP contribution in [-0.4, -0.2) is 23.7 Å². The Labute approximate surface area is 146 Å². The number of benzene rings is 2. The molecule has 1 N–H and O–H groups in total. The van der Waals surface area contributed by atoms with Gasteiger partial charge in [-0.25, -0.2) is 4.39 Å². The highest BCUT2D eigenvalue weighted by Crippen LogP contribution is 2.29. The standard InChI is InChI=1S/C15H12ClFN2O4S/c1-23-14-5-2-9(19(21)22)6-13(14)18-15(20)8-24-10-3-4-12(17)11(16)7-10/h2-7H,8H2,1H3,(H,18,20). The number of hydrogen-bond acceptors (Lipinski definition) is 5. The van der Waals surface area contributed by atoms with E-state index in [-0.39, 0.29) is 28.1 Å². The van der Waals surface area contributed by atoms with Crippen LogP contribution in [0.25, 0.3) is 0 Å². The van der Waals surface area contributed by atoms with Gasteiger partial charge in [-0.3, -0.25) is 14.9 Å². The minimum atomic E-state index is -0.565. The number of non-ortho nitro benzene ring substituents is 1. The SMILES string of the molecule is COc1ccc([N+](=O)[O-])cc1NC(=O)CSc1ccc(F)c(Cl)c1. The zero-order valence-corrected chi connectivity index (χ0v) is 14.0. The molecule has 0 fully saturated rings. The average molecular weight is 371 g/mol. The Morgan fingerprint density at radius 2 is 2.12 bits per heavy atom. The summed E-state index contributed by atoms with van der Waals surface area (Å²) in [6.07, 6.45) is 0. The van der Waals surface area contributed by atoms with Crippen LogP contribution >= 0.6 is 23.4 Å². The highest BCUT2D eigenvalue weighted by molar-refractivity contribution is 8.00. The lowest BCUT2D eigenvalue weighted by atomic mass is 10.2. The van der Waals surface area contributed by atoms with Crippen LogP contribution in [0.15, 0.2) is 41.3 Å². The van der Waals surface area contributed by atoms with Gasteiger partial charge in [0.2, 0.25) is 5.91 Å². The van der Waals surface area contributed by atoms with Gasteiger partial charge in [0, 0.05) is 17.0 Å². The van der Waals surface area contributed by atoms with Crippen molar-refractivity contribution in [2.24, 2.45) is 0 Å². The number of nitrogens with zero attached hydrogens (tertiary/aromatic N) is 1. The fourth-order valence-corrected chi connectivity index (χ4v) is 2.79. The van der Waals surface area contributed by atoms with Gasteiger partial charge in [0.05, 0.1) is 28.5 Å². The molecule has 0 spiro atoms. The number of rotatable bonds is 6. The second-order valence-corrected chi connectivity index (χ2v) is 6.01. The Bertz CT molecular complexity index is 788. The molecule has 6 nitrogen and oxygen atoms in total. The maximum Gasteiger partial charge on any atom is 0.271 e. The van der Waals surface area contributed by atoms with E-state index in [1.54, 1.807) is 0 Å². The molecule has 0 aliphatic rings. The number of hydrogen-bond donors (Lipinski definition) is 1. The molecule has 0 aromatic heterocycles. The molecule has 24 heavy (non-hydrogen) atoms. The first-order valence-electron chi connectivity index (χ1n) is 6.61. The summed E-state index contributed by atoms with van der Waals surface area (Å²) in [5.74, 6) is -0.594. The van der Waals surface area contributed by atoms with Crippen molar-refractivity contribution < 1.29 is 18.8 Å². The van der Waals surface area contributed by atoms with Gasteiger partial charge >= 0.3 is 0 Å². The van der Waals surface area contributed by atoms with Gasteiger partial charge in [0.25, 0.3) is 5.69 Å². The summed E-state index contributed by atoms with van der Waals surface area (Å²) in [7, 11) is 1.39. The highest BCUT2D eigenvalue weighted by Gasteiger charge is 2.14. The van der Waals surface area contributed by atoms with Crippen LogP contribution in [0.4, 0.5) is 15.8 Å². The molecular formula is C15H12ClFN2O4S. The molecule has 2 aromatic rings. The summed E-state index contributed by atoms with van der Waals surface area (Å²) < 4.78 is 18.2. The second kappa shape index (κ2) is 7.98. The zero-order valence-electron chi connectivity index (χ0n) is 12.4. The molecule has 126 valence electrons. The van der Waals surface area contributed by atoms with Crippen molar-refractivity contribution >= 4 is 40.6 Å². The number of carbonyl (C=O) groups excluding carboxylic acids is 1. The molecule has 9 heteroatoms. The van der Waals surface area contributed by atoms with Gasteiger partial charge in [-0.15, -0.1) is 11.8 Å². The normalized spacial score (nSPS) is 10.3. The van der Waals surface area contributed by atoms with Gasteiger partial charge in [-0.1, -0.05) is 11.6 Å². The van der Waals surface area contributed by atoms with Gasteiger partial charge in [0.1, 0.15) is 11.6 Å². The molecule has 0 unspecified atom stereocenters. The smallest absolute Gasteiger partial charge is 0.271 e. The lowest BCUT2D eigenvalue weighted by Gasteiger charge is -2.10. The van der Waals surface area contributed by atoms with E-state index in [2.05, 4.69) is 5.32 Å². The van der Waals surface area contributed by atoms with Crippen molar-refractivity contribution in [3.05, 3.63) is 57.4 Å². The van der Waals surface area contributed by atoms with Gasteiger partial charge in [-0.05, 0) is 24.3 Å². The van der Waals surface area contributed by atoms with Gasteiger partial charge in [-0.2, -0.15) is 0 Å². The van der Waals surface area contributed by atoms with E-state index in [9.17, 15) is 19.3 Å². The molecular weight excluding hydrogens is 359 g/mol. The summed E-state index contributed by atoms with van der Waals surface area (Å²) in [5.41, 5.74) is 0.0403. The number of ether oxygens (including phenoxy) is 1. The maximum absolute atomic E-state index is 13.1. The van der Waals surface area contributed by atoms with Crippen LogP contribution in [0, 0.1) is 15.9 Å². The van der Waals surface area contributed by atoms with E-state index >= 15 is 0 Å². The topological polar surface area (TPSA) is 81.5 Å². The van der Waals surface area contributed by atoms with E-state index in [0.717, 1.165) is 11.8 Å². The molecule has 0 atom stereocenters. The largest absolute Gasteiger partial charge is 0.495 e. The number of nitrogens with one attached hydrogen (secondary N) is 1. The van der Waals surface area contributed by atoms with E-state index in [4.69, 9.17) is 16.3 Å². The predicted octanol–water partition coefficient (Wildman–Crippen LogP) is 4.13. The Hall–Kier alpha value is -2.32. The number of methoxy groups -OCH3 is 1. The number of amides is 1. The number of nitro benzene ring substituents is 1. The monoisotopic (exact) mass is 370 g/mol. The fourth-order valence-electron chi connectivity index (χ4n) is 1.81. The quantitative estimate of drug-likeness (QED) is 0.469. The number of anilines is 1. The average Bonchev–Trinajstić information content (AvgIpc) is 2.55. The number of nitro groups is 1. The Balaban J connectivity index is 2.04. The summed E-state index contributed by atoms with van der Waals surface area (Å²) in [6, 6.07) is 8.04. The minimum Gasteiger partial charge on any atom is -0.495 e.